The fourth-order valence-electron chi connectivity index (χ4n) is 9.10. The standard InChI is InChI=1S/C22H34O9/c1-10(2)19(27)14(30-12(4)23)20(28)15(5)9-18(26)16(19,6)22(20,29)21(31-18)13(24)11(3)7-8-17(15,21)25/h10-11,13-14,24-29H,7-9H2,1-6H3. The fourth-order valence-corrected chi connectivity index (χ4v) is 9.10. The number of esters is 1. The van der Waals surface area contributed by atoms with E-state index < -0.39 is 74.6 Å². The third kappa shape index (κ3) is 1.47. The molecule has 2 saturated heterocycles. The van der Waals surface area contributed by atoms with E-state index in [0.717, 1.165) is 6.92 Å². The Kier molecular flexibility index (Phi) is 3.65. The average Bonchev–Trinajstić information content (AvgIpc) is 2.89. The SMILES string of the molecule is CC(=O)OC1C(O)(C(C)C)C2(C)C3(O)CC4(C)C5(O)CCC(C)C(O)C5(O3)C2(O)C14O. The van der Waals surface area contributed by atoms with E-state index in [1.54, 1.807) is 20.8 Å². The highest BCUT2D eigenvalue weighted by molar-refractivity contribution is 5.68. The van der Waals surface area contributed by atoms with E-state index in [0.29, 0.717) is 6.42 Å². The lowest BCUT2D eigenvalue weighted by molar-refractivity contribution is -0.390. The maximum Gasteiger partial charge on any atom is 0.303 e. The van der Waals surface area contributed by atoms with Gasteiger partial charge in [0.05, 0.1) is 11.5 Å². The summed E-state index contributed by atoms with van der Waals surface area (Å²) in [5.41, 5.74) is -14.9. The Morgan fingerprint density at radius 3 is 2.23 bits per heavy atom. The van der Waals surface area contributed by atoms with Gasteiger partial charge in [-0.2, -0.15) is 0 Å². The topological polar surface area (TPSA) is 157 Å². The number of ether oxygens (including phenoxy) is 2. The first-order valence-corrected chi connectivity index (χ1v) is 11.1. The zero-order chi connectivity index (χ0) is 23.4. The molecule has 6 aliphatic rings. The van der Waals surface area contributed by atoms with Crippen molar-refractivity contribution in [3.63, 3.8) is 0 Å². The van der Waals surface area contributed by atoms with E-state index in [4.69, 9.17) is 9.47 Å². The summed E-state index contributed by atoms with van der Waals surface area (Å²) >= 11 is 0. The summed E-state index contributed by atoms with van der Waals surface area (Å²) in [7, 11) is 0. The summed E-state index contributed by atoms with van der Waals surface area (Å²) in [4.78, 5) is 12.1. The van der Waals surface area contributed by atoms with Gasteiger partial charge in [0.15, 0.2) is 17.5 Å². The molecule has 0 aromatic rings. The molecule has 4 aliphatic carbocycles. The second kappa shape index (κ2) is 5.14. The molecule has 176 valence electrons. The summed E-state index contributed by atoms with van der Waals surface area (Å²) in [5.74, 6) is -4.14. The van der Waals surface area contributed by atoms with Crippen molar-refractivity contribution in [3.05, 3.63) is 0 Å². The number of hydrogen-bond acceptors (Lipinski definition) is 9. The van der Waals surface area contributed by atoms with Crippen molar-refractivity contribution in [1.82, 2.24) is 0 Å². The molecule has 2 heterocycles. The van der Waals surface area contributed by atoms with Crippen molar-refractivity contribution in [3.8, 4) is 0 Å². The number of aliphatic hydroxyl groups excluding tert-OH is 1. The van der Waals surface area contributed by atoms with Crippen LogP contribution in [0.1, 0.15) is 60.8 Å². The quantitative estimate of drug-likeness (QED) is 0.301. The predicted molar refractivity (Wildman–Crippen MR) is 104 cm³/mol. The van der Waals surface area contributed by atoms with Crippen molar-refractivity contribution < 1.29 is 44.9 Å². The first-order chi connectivity index (χ1) is 13.9. The van der Waals surface area contributed by atoms with E-state index in [2.05, 4.69) is 0 Å². The van der Waals surface area contributed by atoms with Crippen LogP contribution in [-0.4, -0.2) is 82.6 Å². The molecule has 6 fully saturated rings. The van der Waals surface area contributed by atoms with Gasteiger partial charge in [0.25, 0.3) is 0 Å². The zero-order valence-corrected chi connectivity index (χ0v) is 18.8. The maximum atomic E-state index is 12.6. The molecule has 9 nitrogen and oxygen atoms in total. The molecule has 11 unspecified atom stereocenters. The summed E-state index contributed by atoms with van der Waals surface area (Å²) in [6, 6.07) is 0. The lowest BCUT2D eigenvalue weighted by Gasteiger charge is -2.60. The van der Waals surface area contributed by atoms with Gasteiger partial charge in [-0.25, -0.2) is 0 Å². The van der Waals surface area contributed by atoms with Gasteiger partial charge in [0.2, 0.25) is 0 Å². The monoisotopic (exact) mass is 442 g/mol. The normalized spacial score (nSPS) is 66.0. The summed E-state index contributed by atoms with van der Waals surface area (Å²) in [5, 5.41) is 72.6. The predicted octanol–water partition coefficient (Wildman–Crippen LogP) is -0.810. The van der Waals surface area contributed by atoms with Crippen LogP contribution in [0.5, 0.6) is 0 Å². The Labute approximate surface area is 181 Å². The lowest BCUT2D eigenvalue weighted by atomic mass is 9.52. The number of aliphatic hydroxyl groups is 6. The molecular formula is C22H34O9. The molecule has 31 heavy (non-hydrogen) atoms. The Morgan fingerprint density at radius 1 is 1.13 bits per heavy atom. The smallest absolute Gasteiger partial charge is 0.303 e. The fraction of sp³-hybridized carbons (Fsp3) is 0.955. The molecule has 0 aromatic heterocycles. The van der Waals surface area contributed by atoms with Gasteiger partial charge in [-0.3, -0.25) is 4.79 Å². The Balaban J connectivity index is 1.96. The molecule has 9 heteroatoms. The van der Waals surface area contributed by atoms with E-state index >= 15 is 0 Å². The van der Waals surface area contributed by atoms with E-state index in [1.165, 1.54) is 13.8 Å². The molecule has 6 N–H and O–H groups in total. The van der Waals surface area contributed by atoms with Crippen molar-refractivity contribution in [2.45, 2.75) is 107 Å². The largest absolute Gasteiger partial charge is 0.456 e. The van der Waals surface area contributed by atoms with Crippen molar-refractivity contribution in [1.29, 1.82) is 0 Å². The van der Waals surface area contributed by atoms with Crippen LogP contribution in [0.4, 0.5) is 0 Å². The van der Waals surface area contributed by atoms with E-state index in [-0.39, 0.29) is 12.8 Å². The molecule has 2 aliphatic heterocycles. The molecule has 0 aromatic carbocycles. The average molecular weight is 443 g/mol. The molecule has 11 atom stereocenters. The molecule has 6 bridgehead atoms. The Hall–Kier alpha value is -0.810. The van der Waals surface area contributed by atoms with Crippen LogP contribution in [0, 0.1) is 22.7 Å². The van der Waals surface area contributed by atoms with Crippen LogP contribution in [0.3, 0.4) is 0 Å². The third-order valence-electron chi connectivity index (χ3n) is 10.5. The van der Waals surface area contributed by atoms with Crippen molar-refractivity contribution in [2.75, 3.05) is 0 Å². The third-order valence-corrected chi connectivity index (χ3v) is 10.5. The summed E-state index contributed by atoms with van der Waals surface area (Å²) in [6.07, 6.45) is -2.96. The highest BCUT2D eigenvalue weighted by atomic mass is 16.7. The highest BCUT2D eigenvalue weighted by Gasteiger charge is 3.10. The van der Waals surface area contributed by atoms with Gasteiger partial charge in [-0.05, 0) is 31.6 Å². The van der Waals surface area contributed by atoms with Gasteiger partial charge in [-0.1, -0.05) is 27.7 Å². The minimum atomic E-state index is -2.53. The zero-order valence-electron chi connectivity index (χ0n) is 18.8. The highest BCUT2D eigenvalue weighted by Crippen LogP contribution is 2.90. The van der Waals surface area contributed by atoms with Gasteiger partial charge >= 0.3 is 5.97 Å². The Bertz CT molecular complexity index is 894. The first kappa shape index (κ1) is 22.0. The van der Waals surface area contributed by atoms with Crippen LogP contribution < -0.4 is 0 Å². The van der Waals surface area contributed by atoms with E-state index in [1.807, 2.05) is 0 Å². The van der Waals surface area contributed by atoms with Crippen LogP contribution in [0.15, 0.2) is 0 Å². The molecule has 0 radical (unpaired) electrons. The van der Waals surface area contributed by atoms with Crippen LogP contribution in [0.2, 0.25) is 0 Å². The first-order valence-electron chi connectivity index (χ1n) is 11.1. The molecule has 6 rings (SSSR count). The van der Waals surface area contributed by atoms with E-state index in [9.17, 15) is 35.4 Å². The maximum absolute atomic E-state index is 12.6. The number of hydrogen-bond donors (Lipinski definition) is 6. The van der Waals surface area contributed by atoms with Gasteiger partial charge in [0, 0.05) is 18.8 Å². The second-order valence-electron chi connectivity index (χ2n) is 11.5. The second-order valence-corrected chi connectivity index (χ2v) is 11.5. The van der Waals surface area contributed by atoms with Gasteiger partial charge in [-0.15, -0.1) is 0 Å². The number of carbonyl (C=O) groups is 1. The van der Waals surface area contributed by atoms with Crippen LogP contribution in [-0.2, 0) is 14.3 Å². The van der Waals surface area contributed by atoms with Crippen molar-refractivity contribution in [2.24, 2.45) is 22.7 Å². The summed E-state index contributed by atoms with van der Waals surface area (Å²) in [6.45, 7) is 9.05. The Morgan fingerprint density at radius 2 is 1.71 bits per heavy atom. The molecular weight excluding hydrogens is 408 g/mol. The molecule has 4 saturated carbocycles. The lowest BCUT2D eigenvalue weighted by Crippen LogP contribution is -2.75. The van der Waals surface area contributed by atoms with Gasteiger partial charge < -0.3 is 40.1 Å². The molecule has 1 spiro atoms. The number of carbonyl (C=O) groups excluding carboxylic acids is 1. The van der Waals surface area contributed by atoms with Crippen LogP contribution in [0.25, 0.3) is 0 Å². The minimum absolute atomic E-state index is 0.0887. The minimum Gasteiger partial charge on any atom is -0.456 e. The van der Waals surface area contributed by atoms with Gasteiger partial charge in [0.1, 0.15) is 22.4 Å². The number of rotatable bonds is 2. The summed E-state index contributed by atoms with van der Waals surface area (Å²) < 4.78 is 11.7. The van der Waals surface area contributed by atoms with Crippen LogP contribution >= 0.6 is 0 Å². The molecule has 0 amide bonds. The van der Waals surface area contributed by atoms with Crippen molar-refractivity contribution >= 4 is 5.97 Å².